The van der Waals surface area contributed by atoms with E-state index in [1.54, 1.807) is 0 Å². The van der Waals surface area contributed by atoms with Crippen molar-refractivity contribution >= 4 is 11.0 Å². The molecular weight excluding hydrogens is 464 g/mol. The zero-order valence-electron chi connectivity index (χ0n) is 23.5. The molecule has 37 heavy (non-hydrogen) atoms. The van der Waals surface area contributed by atoms with E-state index in [0.717, 1.165) is 40.9 Å². The Labute approximate surface area is 222 Å². The van der Waals surface area contributed by atoms with Gasteiger partial charge in [0.05, 0.1) is 24.9 Å². The van der Waals surface area contributed by atoms with Crippen LogP contribution < -0.4 is 4.74 Å². The molecule has 1 heterocycles. The number of fused-ring (bicyclic) bond motifs is 1. The van der Waals surface area contributed by atoms with Gasteiger partial charge >= 0.3 is 0 Å². The van der Waals surface area contributed by atoms with E-state index < -0.39 is 12.2 Å². The number of aliphatic hydroxyl groups is 2. The van der Waals surface area contributed by atoms with E-state index in [1.807, 2.05) is 54.6 Å². The van der Waals surface area contributed by atoms with E-state index in [0.29, 0.717) is 32.5 Å². The van der Waals surface area contributed by atoms with Crippen LogP contribution in [0, 0.1) is 10.8 Å². The molecule has 3 atom stereocenters. The van der Waals surface area contributed by atoms with Gasteiger partial charge in [0.25, 0.3) is 0 Å². The van der Waals surface area contributed by atoms with Gasteiger partial charge in [0.15, 0.2) is 0 Å². The summed E-state index contributed by atoms with van der Waals surface area (Å²) in [7, 11) is 0. The summed E-state index contributed by atoms with van der Waals surface area (Å²) in [6.45, 7) is 14.4. The molecule has 0 aliphatic rings. The van der Waals surface area contributed by atoms with Crippen molar-refractivity contribution in [1.29, 1.82) is 0 Å². The van der Waals surface area contributed by atoms with Crippen molar-refractivity contribution in [3.8, 4) is 17.1 Å². The van der Waals surface area contributed by atoms with Crippen LogP contribution in [0.3, 0.4) is 0 Å². The topological polar surface area (TPSA) is 72.1 Å². The summed E-state index contributed by atoms with van der Waals surface area (Å²) in [6.07, 6.45) is 2.01. The van der Waals surface area contributed by atoms with Crippen LogP contribution in [-0.2, 0) is 4.74 Å². The lowest BCUT2D eigenvalue weighted by Crippen LogP contribution is -2.34. The Hall–Kier alpha value is -2.34. The Kier molecular flexibility index (Phi) is 10.2. The minimum Gasteiger partial charge on any atom is -0.493 e. The van der Waals surface area contributed by atoms with E-state index >= 15 is 0 Å². The molecule has 0 aliphatic carbocycles. The van der Waals surface area contributed by atoms with E-state index in [1.165, 1.54) is 0 Å². The van der Waals surface area contributed by atoms with Gasteiger partial charge in [-0.15, -0.1) is 0 Å². The highest BCUT2D eigenvalue weighted by atomic mass is 16.5. The summed E-state index contributed by atoms with van der Waals surface area (Å²) >= 11 is 0. The maximum absolute atomic E-state index is 10.4. The molecule has 0 radical (unpaired) electrons. The lowest BCUT2D eigenvalue weighted by atomic mass is 9.78. The third kappa shape index (κ3) is 9.48. The van der Waals surface area contributed by atoms with Crippen LogP contribution in [0.5, 0.6) is 5.75 Å². The number of hydrogen-bond acceptors (Lipinski definition) is 5. The Morgan fingerprint density at radius 2 is 1.46 bits per heavy atom. The van der Waals surface area contributed by atoms with Crippen molar-refractivity contribution in [2.45, 2.75) is 92.0 Å². The van der Waals surface area contributed by atoms with Crippen molar-refractivity contribution in [2.24, 2.45) is 10.8 Å². The molecule has 0 spiro atoms. The first-order valence-electron chi connectivity index (χ1n) is 13.6. The first-order chi connectivity index (χ1) is 17.4. The Morgan fingerprint density at radius 3 is 2.08 bits per heavy atom. The second kappa shape index (κ2) is 12.9. The largest absolute Gasteiger partial charge is 0.493 e. The molecule has 2 aromatic carbocycles. The molecule has 3 rings (SSSR count). The Morgan fingerprint density at radius 1 is 0.811 bits per heavy atom. The number of benzene rings is 2. The molecule has 0 aliphatic heterocycles. The maximum Gasteiger partial charge on any atom is 0.138 e. The van der Waals surface area contributed by atoms with Gasteiger partial charge < -0.3 is 24.1 Å². The highest BCUT2D eigenvalue weighted by Crippen LogP contribution is 2.33. The molecule has 5 nitrogen and oxygen atoms in total. The summed E-state index contributed by atoms with van der Waals surface area (Å²) in [5, 5.41) is 21.8. The van der Waals surface area contributed by atoms with Crippen molar-refractivity contribution in [2.75, 3.05) is 13.2 Å². The zero-order valence-corrected chi connectivity index (χ0v) is 23.5. The summed E-state index contributed by atoms with van der Waals surface area (Å²) in [6, 6.07) is 17.9. The summed E-state index contributed by atoms with van der Waals surface area (Å²) in [5.74, 6) is 1.57. The maximum atomic E-state index is 10.4. The summed E-state index contributed by atoms with van der Waals surface area (Å²) < 4.78 is 18.1. The van der Waals surface area contributed by atoms with E-state index in [2.05, 4.69) is 41.5 Å². The summed E-state index contributed by atoms with van der Waals surface area (Å²) in [4.78, 5) is 0. The van der Waals surface area contributed by atoms with E-state index in [-0.39, 0.29) is 16.9 Å². The number of aliphatic hydroxyl groups excluding tert-OH is 2. The monoisotopic (exact) mass is 510 g/mol. The fourth-order valence-corrected chi connectivity index (χ4v) is 4.40. The molecule has 5 heteroatoms. The quantitative estimate of drug-likeness (QED) is 0.231. The normalized spacial score (nSPS) is 15.0. The number of rotatable bonds is 13. The molecule has 3 aromatic rings. The molecule has 0 saturated carbocycles. The molecule has 1 aromatic heterocycles. The van der Waals surface area contributed by atoms with Crippen LogP contribution in [0.1, 0.15) is 73.6 Å². The average Bonchev–Trinajstić information content (AvgIpc) is 3.26. The van der Waals surface area contributed by atoms with Gasteiger partial charge in [0.1, 0.15) is 17.1 Å². The Bertz CT molecular complexity index is 1070. The highest BCUT2D eigenvalue weighted by molar-refractivity contribution is 5.83. The predicted octanol–water partition coefficient (Wildman–Crippen LogP) is 7.63. The molecule has 0 amide bonds. The molecule has 0 fully saturated rings. The van der Waals surface area contributed by atoms with Gasteiger partial charge in [0.2, 0.25) is 0 Å². The molecule has 0 bridgehead atoms. The molecule has 204 valence electrons. The lowest BCUT2D eigenvalue weighted by Gasteiger charge is -2.35. The van der Waals surface area contributed by atoms with E-state index in [9.17, 15) is 10.2 Å². The van der Waals surface area contributed by atoms with Crippen molar-refractivity contribution in [3.63, 3.8) is 0 Å². The molecule has 0 saturated heterocycles. The van der Waals surface area contributed by atoms with E-state index in [4.69, 9.17) is 13.9 Å². The lowest BCUT2D eigenvalue weighted by molar-refractivity contribution is -0.0487. The van der Waals surface area contributed by atoms with Crippen LogP contribution in [0.2, 0.25) is 0 Å². The predicted molar refractivity (Wildman–Crippen MR) is 151 cm³/mol. The first kappa shape index (κ1) is 29.2. The standard InChI is InChI=1S/C32H46O5/c1-31(2,3)22-30(32(4,5)6)36-19-11-15-27(34)26(33)14-10-18-35-25-17-16-24-20-28(37-29(24)21-25)23-12-8-7-9-13-23/h7-9,12-13,16-17,20-21,26-27,30,33-34H,10-11,14-15,18-19,22H2,1-6H3. The van der Waals surface area contributed by atoms with Gasteiger partial charge in [0, 0.05) is 23.6 Å². The molecule has 3 unspecified atom stereocenters. The Balaban J connectivity index is 1.37. The second-order valence-electron chi connectivity index (χ2n) is 12.4. The van der Waals surface area contributed by atoms with Crippen LogP contribution in [0.15, 0.2) is 59.0 Å². The zero-order chi connectivity index (χ0) is 27.1. The smallest absolute Gasteiger partial charge is 0.138 e. The van der Waals surface area contributed by atoms with Gasteiger partial charge in [-0.3, -0.25) is 0 Å². The number of ether oxygens (including phenoxy) is 2. The number of hydrogen-bond donors (Lipinski definition) is 2. The van der Waals surface area contributed by atoms with Crippen LogP contribution in [0.4, 0.5) is 0 Å². The summed E-state index contributed by atoms with van der Waals surface area (Å²) in [5.41, 5.74) is 2.09. The van der Waals surface area contributed by atoms with Crippen LogP contribution >= 0.6 is 0 Å². The van der Waals surface area contributed by atoms with Crippen molar-refractivity contribution in [1.82, 2.24) is 0 Å². The fourth-order valence-electron chi connectivity index (χ4n) is 4.40. The molecular formula is C32H46O5. The van der Waals surface area contributed by atoms with Crippen LogP contribution in [0.25, 0.3) is 22.3 Å². The van der Waals surface area contributed by atoms with Gasteiger partial charge in [-0.25, -0.2) is 0 Å². The average molecular weight is 511 g/mol. The first-order valence-corrected chi connectivity index (χ1v) is 13.6. The second-order valence-corrected chi connectivity index (χ2v) is 12.4. The molecule has 2 N–H and O–H groups in total. The minimum atomic E-state index is -0.766. The highest BCUT2D eigenvalue weighted by Gasteiger charge is 2.29. The SMILES string of the molecule is CC(C)(C)CC(OCCCC(O)C(O)CCCOc1ccc2cc(-c3ccccc3)oc2c1)C(C)(C)C. The third-order valence-corrected chi connectivity index (χ3v) is 6.63. The van der Waals surface area contributed by atoms with Crippen LogP contribution in [-0.4, -0.2) is 41.7 Å². The minimum absolute atomic E-state index is 0.0665. The fraction of sp³-hybridized carbons (Fsp3) is 0.562. The third-order valence-electron chi connectivity index (χ3n) is 6.63. The van der Waals surface area contributed by atoms with Crippen molar-refractivity contribution < 1.29 is 24.1 Å². The van der Waals surface area contributed by atoms with Crippen molar-refractivity contribution in [3.05, 3.63) is 54.6 Å². The van der Waals surface area contributed by atoms with Gasteiger partial charge in [-0.1, -0.05) is 71.9 Å². The number of furan rings is 1. The van der Waals surface area contributed by atoms with Gasteiger partial charge in [-0.05, 0) is 61.1 Å². The van der Waals surface area contributed by atoms with Gasteiger partial charge in [-0.2, -0.15) is 0 Å².